The number of carbonyl (C=O) groups excluding carboxylic acids is 1. The molecule has 1 fully saturated rings. The highest BCUT2D eigenvalue weighted by Crippen LogP contribution is 2.35. The number of amides is 1. The molecule has 0 unspecified atom stereocenters. The van der Waals surface area contributed by atoms with Gasteiger partial charge in [0.15, 0.2) is 5.82 Å². The molecule has 8 nitrogen and oxygen atoms in total. The van der Waals surface area contributed by atoms with Crippen LogP contribution in [0.25, 0.3) is 0 Å². The van der Waals surface area contributed by atoms with E-state index < -0.39 is 10.0 Å². The first-order valence-electron chi connectivity index (χ1n) is 9.29. The number of rotatable bonds is 7. The Morgan fingerprint density at radius 2 is 1.86 bits per heavy atom. The Hall–Kier alpha value is -3.20. The monoisotopic (exact) mass is 411 g/mol. The van der Waals surface area contributed by atoms with E-state index in [1.54, 1.807) is 18.5 Å². The predicted octanol–water partition coefficient (Wildman–Crippen LogP) is 2.65. The number of nitrogens with zero attached hydrogens (tertiary/aromatic N) is 3. The van der Waals surface area contributed by atoms with Crippen LogP contribution in [0.15, 0.2) is 59.8 Å². The van der Waals surface area contributed by atoms with Crippen molar-refractivity contribution in [2.45, 2.75) is 37.2 Å². The number of hydrogen-bond donors (Lipinski definition) is 2. The van der Waals surface area contributed by atoms with Gasteiger partial charge in [-0.2, -0.15) is 0 Å². The summed E-state index contributed by atoms with van der Waals surface area (Å²) >= 11 is 0. The minimum atomic E-state index is -3.74. The number of carbonyl (C=O) groups is 1. The molecule has 2 N–H and O–H groups in total. The second-order valence-electron chi connectivity index (χ2n) is 7.01. The molecule has 4 rings (SSSR count). The number of aromatic nitrogens is 3. The van der Waals surface area contributed by atoms with Gasteiger partial charge in [0, 0.05) is 11.6 Å². The summed E-state index contributed by atoms with van der Waals surface area (Å²) in [5.41, 5.74) is 1.72. The van der Waals surface area contributed by atoms with Crippen molar-refractivity contribution in [2.24, 2.45) is 0 Å². The molecule has 150 valence electrons. The Bertz CT molecular complexity index is 1130. The summed E-state index contributed by atoms with van der Waals surface area (Å²) in [7, 11) is -3.74. The van der Waals surface area contributed by atoms with Crippen LogP contribution >= 0.6 is 0 Å². The molecule has 1 aliphatic carbocycles. The molecule has 0 atom stereocenters. The molecule has 29 heavy (non-hydrogen) atoms. The van der Waals surface area contributed by atoms with Gasteiger partial charge in [0.25, 0.3) is 15.9 Å². The number of para-hydroxylation sites is 1. The molecule has 1 heterocycles. The van der Waals surface area contributed by atoms with Crippen molar-refractivity contribution < 1.29 is 13.2 Å². The van der Waals surface area contributed by atoms with Crippen LogP contribution in [0.1, 0.15) is 40.6 Å². The lowest BCUT2D eigenvalue weighted by Gasteiger charge is -2.11. The third-order valence-corrected chi connectivity index (χ3v) is 6.19. The van der Waals surface area contributed by atoms with Gasteiger partial charge in [-0.1, -0.05) is 18.2 Å². The highest BCUT2D eigenvalue weighted by atomic mass is 32.2. The first-order chi connectivity index (χ1) is 13.9. The molecule has 3 aromatic rings. The molecular formula is C20H21N5O3S. The van der Waals surface area contributed by atoms with E-state index in [1.807, 2.05) is 23.6 Å². The highest BCUT2D eigenvalue weighted by Gasteiger charge is 2.26. The normalized spacial score (nSPS) is 13.8. The Kier molecular flexibility index (Phi) is 5.06. The molecule has 0 radical (unpaired) electrons. The molecule has 0 aliphatic heterocycles. The van der Waals surface area contributed by atoms with E-state index in [-0.39, 0.29) is 17.3 Å². The summed E-state index contributed by atoms with van der Waals surface area (Å²) in [6.45, 7) is 2.10. The summed E-state index contributed by atoms with van der Waals surface area (Å²) in [5, 5.41) is 10.8. The molecule has 0 bridgehead atoms. The van der Waals surface area contributed by atoms with E-state index in [0.717, 1.165) is 18.4 Å². The van der Waals surface area contributed by atoms with E-state index in [1.165, 1.54) is 24.3 Å². The third kappa shape index (κ3) is 4.29. The van der Waals surface area contributed by atoms with Crippen molar-refractivity contribution in [1.82, 2.24) is 20.1 Å². The number of nitrogens with one attached hydrogen (secondary N) is 2. The topological polar surface area (TPSA) is 106 Å². The van der Waals surface area contributed by atoms with Crippen molar-refractivity contribution in [3.8, 4) is 0 Å². The number of sulfonamides is 1. The fraction of sp³-hybridized carbons (Fsp3) is 0.250. The Labute approximate surface area is 169 Å². The Morgan fingerprint density at radius 3 is 2.55 bits per heavy atom. The van der Waals surface area contributed by atoms with Crippen molar-refractivity contribution in [1.29, 1.82) is 0 Å². The second-order valence-corrected chi connectivity index (χ2v) is 8.70. The first kappa shape index (κ1) is 19.1. The lowest BCUT2D eigenvalue weighted by molar-refractivity contribution is 0.0949. The maximum absolute atomic E-state index is 12.6. The van der Waals surface area contributed by atoms with Crippen LogP contribution in [-0.2, 0) is 16.6 Å². The standard InChI is InChI=1S/C20H21N5O3S/c1-14-4-2-3-5-18(14)24-29(27,28)17-10-6-15(7-11-17)20(26)21-12-19-23-22-13-25(19)16-8-9-16/h2-7,10-11,13,16,24H,8-9,12H2,1H3,(H,21,26). The van der Waals surface area contributed by atoms with Gasteiger partial charge >= 0.3 is 0 Å². The SMILES string of the molecule is Cc1ccccc1NS(=O)(=O)c1ccc(C(=O)NCc2nncn2C2CC2)cc1. The van der Waals surface area contributed by atoms with E-state index in [4.69, 9.17) is 0 Å². The maximum Gasteiger partial charge on any atom is 0.261 e. The van der Waals surface area contributed by atoms with Crippen molar-refractivity contribution in [2.75, 3.05) is 4.72 Å². The zero-order chi connectivity index (χ0) is 20.4. The molecule has 2 aromatic carbocycles. The quantitative estimate of drug-likeness (QED) is 0.622. The fourth-order valence-electron chi connectivity index (χ4n) is 2.99. The molecular weight excluding hydrogens is 390 g/mol. The first-order valence-corrected chi connectivity index (χ1v) is 10.8. The number of benzene rings is 2. The van der Waals surface area contributed by atoms with E-state index >= 15 is 0 Å². The van der Waals surface area contributed by atoms with Crippen molar-refractivity contribution >= 4 is 21.6 Å². The van der Waals surface area contributed by atoms with Crippen LogP contribution in [0.4, 0.5) is 5.69 Å². The van der Waals surface area contributed by atoms with Crippen LogP contribution < -0.4 is 10.0 Å². The van der Waals surface area contributed by atoms with Crippen molar-refractivity contribution in [3.05, 3.63) is 71.8 Å². The second kappa shape index (κ2) is 7.67. The third-order valence-electron chi connectivity index (χ3n) is 4.81. The Morgan fingerprint density at radius 1 is 1.14 bits per heavy atom. The van der Waals surface area contributed by atoms with Crippen LogP contribution in [-0.4, -0.2) is 29.1 Å². The van der Waals surface area contributed by atoms with Crippen LogP contribution in [0.5, 0.6) is 0 Å². The molecule has 0 spiro atoms. The zero-order valence-electron chi connectivity index (χ0n) is 15.9. The van der Waals surface area contributed by atoms with Gasteiger partial charge in [0.1, 0.15) is 6.33 Å². The van der Waals surface area contributed by atoms with Gasteiger partial charge in [-0.25, -0.2) is 8.42 Å². The number of anilines is 1. The van der Waals surface area contributed by atoms with Gasteiger partial charge in [-0.05, 0) is 55.7 Å². The lowest BCUT2D eigenvalue weighted by Crippen LogP contribution is -2.24. The van der Waals surface area contributed by atoms with Gasteiger partial charge in [-0.15, -0.1) is 10.2 Å². The average Bonchev–Trinajstić information content (AvgIpc) is 3.45. The molecule has 1 saturated carbocycles. The summed E-state index contributed by atoms with van der Waals surface area (Å²) in [5.74, 6) is 0.411. The lowest BCUT2D eigenvalue weighted by atomic mass is 10.2. The average molecular weight is 411 g/mol. The molecule has 9 heteroatoms. The minimum Gasteiger partial charge on any atom is -0.345 e. The van der Waals surface area contributed by atoms with E-state index in [0.29, 0.717) is 23.1 Å². The highest BCUT2D eigenvalue weighted by molar-refractivity contribution is 7.92. The van der Waals surface area contributed by atoms with Crippen molar-refractivity contribution in [3.63, 3.8) is 0 Å². The number of hydrogen-bond acceptors (Lipinski definition) is 5. The largest absolute Gasteiger partial charge is 0.345 e. The van der Waals surface area contributed by atoms with Crippen LogP contribution in [0.2, 0.25) is 0 Å². The van der Waals surface area contributed by atoms with E-state index in [2.05, 4.69) is 20.2 Å². The fourth-order valence-corrected chi connectivity index (χ4v) is 4.12. The molecule has 1 aliphatic rings. The maximum atomic E-state index is 12.6. The summed E-state index contributed by atoms with van der Waals surface area (Å²) in [6, 6.07) is 13.4. The van der Waals surface area contributed by atoms with Gasteiger partial charge < -0.3 is 9.88 Å². The predicted molar refractivity (Wildman–Crippen MR) is 108 cm³/mol. The summed E-state index contributed by atoms with van der Waals surface area (Å²) in [6.07, 6.45) is 3.89. The Balaban J connectivity index is 1.42. The smallest absolute Gasteiger partial charge is 0.261 e. The van der Waals surface area contributed by atoms with Gasteiger partial charge in [0.05, 0.1) is 17.1 Å². The van der Waals surface area contributed by atoms with Gasteiger partial charge in [-0.3, -0.25) is 9.52 Å². The van der Waals surface area contributed by atoms with Gasteiger partial charge in [0.2, 0.25) is 0 Å². The number of aryl methyl sites for hydroxylation is 1. The molecule has 1 amide bonds. The van der Waals surface area contributed by atoms with Crippen LogP contribution in [0.3, 0.4) is 0 Å². The van der Waals surface area contributed by atoms with Crippen LogP contribution in [0, 0.1) is 6.92 Å². The summed E-state index contributed by atoms with van der Waals surface area (Å²) < 4.78 is 29.7. The molecule has 0 saturated heterocycles. The molecule has 1 aromatic heterocycles. The summed E-state index contributed by atoms with van der Waals surface area (Å²) in [4.78, 5) is 12.5. The zero-order valence-corrected chi connectivity index (χ0v) is 16.7. The van der Waals surface area contributed by atoms with E-state index in [9.17, 15) is 13.2 Å². The minimum absolute atomic E-state index is 0.0887.